The maximum Gasteiger partial charge on any atom is 0.330 e. The number of para-hydroxylation sites is 1. The number of hydrogen-bond donors (Lipinski definition) is 0. The summed E-state index contributed by atoms with van der Waals surface area (Å²) in [5, 5.41) is 2.28. The lowest BCUT2D eigenvalue weighted by Crippen LogP contribution is -2.50. The fourth-order valence-corrected chi connectivity index (χ4v) is 3.30. The van der Waals surface area contributed by atoms with Crippen molar-refractivity contribution in [2.24, 2.45) is 0 Å². The van der Waals surface area contributed by atoms with Crippen LogP contribution in [0.2, 0.25) is 0 Å². The molecular formula is C25H26BO3. The van der Waals surface area contributed by atoms with E-state index >= 15 is 0 Å². The van der Waals surface area contributed by atoms with Gasteiger partial charge in [0, 0.05) is 17.9 Å². The van der Waals surface area contributed by atoms with Crippen LogP contribution >= 0.6 is 0 Å². The largest absolute Gasteiger partial charge is 0.456 e. The first-order valence-corrected chi connectivity index (χ1v) is 9.89. The van der Waals surface area contributed by atoms with Crippen molar-refractivity contribution in [3.8, 4) is 11.1 Å². The maximum atomic E-state index is 6.10. The van der Waals surface area contributed by atoms with E-state index in [0.717, 1.165) is 38.5 Å². The quantitative estimate of drug-likeness (QED) is 0.398. The molecule has 0 amide bonds. The molecule has 1 radical (unpaired) electrons. The Kier molecular flexibility index (Phi) is 5.01. The van der Waals surface area contributed by atoms with Gasteiger partial charge >= 0.3 is 7.48 Å². The molecule has 0 fully saturated rings. The Morgan fingerprint density at radius 1 is 0.724 bits per heavy atom. The smallest absolute Gasteiger partial charge is 0.330 e. The van der Waals surface area contributed by atoms with E-state index in [2.05, 4.69) is 36.4 Å². The van der Waals surface area contributed by atoms with Crippen LogP contribution in [0.3, 0.4) is 0 Å². The molecule has 0 saturated heterocycles. The number of fused-ring (bicyclic) bond motifs is 3. The second-order valence-corrected chi connectivity index (χ2v) is 8.40. The molecule has 0 saturated carbocycles. The highest BCUT2D eigenvalue weighted by Gasteiger charge is 2.37. The summed E-state index contributed by atoms with van der Waals surface area (Å²) < 4.78 is 17.7. The number of hydrogen-bond acceptors (Lipinski definition) is 3. The van der Waals surface area contributed by atoms with Crippen molar-refractivity contribution in [2.75, 3.05) is 7.11 Å². The monoisotopic (exact) mass is 385 g/mol. The highest BCUT2D eigenvalue weighted by molar-refractivity contribution is 6.47. The lowest BCUT2D eigenvalue weighted by Gasteiger charge is -2.40. The third-order valence-corrected chi connectivity index (χ3v) is 6.05. The Labute approximate surface area is 172 Å². The molecule has 0 aliphatic heterocycles. The lowest BCUT2D eigenvalue weighted by molar-refractivity contribution is -0.114. The minimum absolute atomic E-state index is 0.409. The van der Waals surface area contributed by atoms with Gasteiger partial charge in [-0.3, -0.25) is 0 Å². The van der Waals surface area contributed by atoms with Crippen molar-refractivity contribution in [1.29, 1.82) is 0 Å². The minimum Gasteiger partial charge on any atom is -0.456 e. The molecular weight excluding hydrogens is 359 g/mol. The van der Waals surface area contributed by atoms with E-state index in [9.17, 15) is 0 Å². The average molecular weight is 385 g/mol. The third kappa shape index (κ3) is 3.70. The van der Waals surface area contributed by atoms with Crippen LogP contribution < -0.4 is 5.46 Å². The number of methoxy groups -OCH3 is 1. The van der Waals surface area contributed by atoms with E-state index in [-0.39, 0.29) is 0 Å². The van der Waals surface area contributed by atoms with Crippen LogP contribution in [0.15, 0.2) is 71.1 Å². The second-order valence-electron chi connectivity index (χ2n) is 8.40. The summed E-state index contributed by atoms with van der Waals surface area (Å²) in [6.45, 7) is 8.12. The molecule has 0 spiro atoms. The van der Waals surface area contributed by atoms with Crippen molar-refractivity contribution >= 4 is 34.9 Å². The van der Waals surface area contributed by atoms with Gasteiger partial charge in [-0.05, 0) is 57.0 Å². The predicted octanol–water partition coefficient (Wildman–Crippen LogP) is 5.72. The molecule has 4 heteroatoms. The highest BCUT2D eigenvalue weighted by atomic mass is 16.5. The normalized spacial score (nSPS) is 12.6. The van der Waals surface area contributed by atoms with E-state index in [1.54, 1.807) is 7.11 Å². The minimum atomic E-state index is -0.467. The van der Waals surface area contributed by atoms with Gasteiger partial charge in [-0.1, -0.05) is 54.0 Å². The molecule has 0 aliphatic rings. The lowest BCUT2D eigenvalue weighted by atomic mass is 9.81. The Hall–Kier alpha value is -2.56. The van der Waals surface area contributed by atoms with Crippen molar-refractivity contribution in [3.05, 3.63) is 66.7 Å². The zero-order valence-corrected chi connectivity index (χ0v) is 17.7. The number of rotatable bonds is 6. The molecule has 3 nitrogen and oxygen atoms in total. The van der Waals surface area contributed by atoms with Crippen LogP contribution in [0.5, 0.6) is 0 Å². The summed E-state index contributed by atoms with van der Waals surface area (Å²) in [5.41, 5.74) is 4.18. The molecule has 0 N–H and O–H groups in total. The third-order valence-electron chi connectivity index (χ3n) is 6.05. The van der Waals surface area contributed by atoms with Gasteiger partial charge in [0.05, 0.1) is 11.2 Å². The number of furan rings is 1. The van der Waals surface area contributed by atoms with Crippen molar-refractivity contribution < 1.29 is 13.8 Å². The van der Waals surface area contributed by atoms with Gasteiger partial charge in [-0.25, -0.2) is 0 Å². The van der Waals surface area contributed by atoms with Crippen LogP contribution in [-0.4, -0.2) is 25.8 Å². The fraction of sp³-hybridized carbons (Fsp3) is 0.280. The highest BCUT2D eigenvalue weighted by Crippen LogP contribution is 2.32. The van der Waals surface area contributed by atoms with Gasteiger partial charge in [0.1, 0.15) is 11.2 Å². The predicted molar refractivity (Wildman–Crippen MR) is 121 cm³/mol. The van der Waals surface area contributed by atoms with Crippen molar-refractivity contribution in [3.63, 3.8) is 0 Å². The van der Waals surface area contributed by atoms with Gasteiger partial charge in [-0.2, -0.15) is 0 Å². The summed E-state index contributed by atoms with van der Waals surface area (Å²) in [7, 11) is 3.52. The van der Waals surface area contributed by atoms with Crippen LogP contribution in [-0.2, 0) is 9.39 Å². The maximum absolute atomic E-state index is 6.10. The molecule has 0 bridgehead atoms. The van der Waals surface area contributed by atoms with Crippen molar-refractivity contribution in [2.45, 2.75) is 38.9 Å². The number of benzene rings is 3. The Morgan fingerprint density at radius 3 is 2.24 bits per heavy atom. The van der Waals surface area contributed by atoms with E-state index in [1.165, 1.54) is 0 Å². The Balaban J connectivity index is 1.61. The molecule has 1 aromatic heterocycles. The Bertz CT molecular complexity index is 1160. The van der Waals surface area contributed by atoms with Gasteiger partial charge in [0.15, 0.2) is 0 Å². The van der Waals surface area contributed by atoms with E-state index in [1.807, 2.05) is 65.5 Å². The standard InChI is InChI=1S/C25H26BO3/c1-24(2,27-5)25(3,4)29-26-19-10-8-9-17(15-19)18-13-14-21-20-11-6-7-12-22(20)28-23(21)16-18/h6-16H,1-5H3. The first-order valence-electron chi connectivity index (χ1n) is 9.89. The molecule has 0 aliphatic carbocycles. The van der Waals surface area contributed by atoms with Crippen molar-refractivity contribution in [1.82, 2.24) is 0 Å². The average Bonchev–Trinajstić information content (AvgIpc) is 3.10. The molecule has 1 heterocycles. The summed E-state index contributed by atoms with van der Waals surface area (Å²) in [6.07, 6.45) is 0. The second kappa shape index (κ2) is 7.36. The zero-order valence-electron chi connectivity index (χ0n) is 17.7. The SMILES string of the molecule is COC(C)(C)C(C)(C)O[B]c1cccc(-c2ccc3c(c2)oc2ccccc23)c1. The Morgan fingerprint density at radius 2 is 1.45 bits per heavy atom. The van der Waals surface area contributed by atoms with Gasteiger partial charge < -0.3 is 13.8 Å². The molecule has 3 aromatic carbocycles. The van der Waals surface area contributed by atoms with E-state index < -0.39 is 11.2 Å². The molecule has 147 valence electrons. The van der Waals surface area contributed by atoms with Crippen LogP contribution in [0.1, 0.15) is 27.7 Å². The van der Waals surface area contributed by atoms with Crippen LogP contribution in [0.25, 0.3) is 33.1 Å². The topological polar surface area (TPSA) is 31.6 Å². The molecule has 0 unspecified atom stereocenters. The number of ether oxygens (including phenoxy) is 1. The van der Waals surface area contributed by atoms with Gasteiger partial charge in [-0.15, -0.1) is 0 Å². The first-order chi connectivity index (χ1) is 13.8. The van der Waals surface area contributed by atoms with Crippen LogP contribution in [0, 0.1) is 0 Å². The summed E-state index contributed by atoms with van der Waals surface area (Å²) in [6, 6.07) is 22.8. The van der Waals surface area contributed by atoms with Gasteiger partial charge in [0.25, 0.3) is 0 Å². The summed E-state index contributed by atoms with van der Waals surface area (Å²) in [4.78, 5) is 0. The fourth-order valence-electron chi connectivity index (χ4n) is 3.30. The molecule has 29 heavy (non-hydrogen) atoms. The van der Waals surface area contributed by atoms with Crippen LogP contribution in [0.4, 0.5) is 0 Å². The van der Waals surface area contributed by atoms with Gasteiger partial charge in [0.2, 0.25) is 0 Å². The first kappa shape index (κ1) is 19.7. The van der Waals surface area contributed by atoms with E-state index in [4.69, 9.17) is 13.8 Å². The molecule has 0 atom stereocenters. The molecule has 4 aromatic rings. The zero-order chi connectivity index (χ0) is 20.6. The molecule has 4 rings (SSSR count). The summed E-state index contributed by atoms with van der Waals surface area (Å²) in [5.74, 6) is 0. The summed E-state index contributed by atoms with van der Waals surface area (Å²) >= 11 is 0. The van der Waals surface area contributed by atoms with E-state index in [0.29, 0.717) is 0 Å².